The maximum absolute atomic E-state index is 15.0. The van der Waals surface area contributed by atoms with Gasteiger partial charge in [-0.3, -0.25) is 19.3 Å². The van der Waals surface area contributed by atoms with Crippen molar-refractivity contribution in [1.29, 1.82) is 0 Å². The second-order valence-corrected chi connectivity index (χ2v) is 9.66. The van der Waals surface area contributed by atoms with Crippen LogP contribution in [0.5, 0.6) is 0 Å². The molecule has 0 spiro atoms. The van der Waals surface area contributed by atoms with Gasteiger partial charge in [-0.1, -0.05) is 48.5 Å². The molecule has 2 fully saturated rings. The van der Waals surface area contributed by atoms with Gasteiger partial charge in [0.05, 0.1) is 5.41 Å². The summed E-state index contributed by atoms with van der Waals surface area (Å²) in [7, 11) is 3.72. The predicted molar refractivity (Wildman–Crippen MR) is 128 cm³/mol. The van der Waals surface area contributed by atoms with Crippen molar-refractivity contribution in [3.63, 3.8) is 0 Å². The van der Waals surface area contributed by atoms with E-state index >= 15 is 0 Å². The molecule has 0 aliphatic carbocycles. The van der Waals surface area contributed by atoms with E-state index in [0.29, 0.717) is 19.6 Å². The highest BCUT2D eigenvalue weighted by atomic mass is 19.1. The van der Waals surface area contributed by atoms with E-state index < -0.39 is 17.1 Å². The number of carbonyl (C=O) groups excluding carboxylic acids is 3. The number of hydrogen-bond acceptors (Lipinski definition) is 4. The first-order valence-electron chi connectivity index (χ1n) is 11.9. The van der Waals surface area contributed by atoms with Crippen LogP contribution in [0.25, 0.3) is 0 Å². The molecule has 2 aromatic rings. The van der Waals surface area contributed by atoms with Gasteiger partial charge < -0.3 is 9.80 Å². The number of benzene rings is 2. The minimum Gasteiger partial charge on any atom is -0.342 e. The van der Waals surface area contributed by atoms with Gasteiger partial charge in [-0.05, 0) is 38.6 Å². The molecule has 2 aromatic carbocycles. The number of imide groups is 1. The summed E-state index contributed by atoms with van der Waals surface area (Å²) in [6.45, 7) is 1.88. The van der Waals surface area contributed by atoms with Crippen LogP contribution in [0.2, 0.25) is 0 Å². The second kappa shape index (κ2) is 10.1. The summed E-state index contributed by atoms with van der Waals surface area (Å²) >= 11 is 0. The van der Waals surface area contributed by atoms with Crippen molar-refractivity contribution in [2.75, 3.05) is 40.3 Å². The van der Waals surface area contributed by atoms with Crippen LogP contribution >= 0.6 is 0 Å². The van der Waals surface area contributed by atoms with Gasteiger partial charge in [0.15, 0.2) is 0 Å². The van der Waals surface area contributed by atoms with Crippen molar-refractivity contribution in [1.82, 2.24) is 14.7 Å². The van der Waals surface area contributed by atoms with Crippen molar-refractivity contribution < 1.29 is 18.8 Å². The topological polar surface area (TPSA) is 60.9 Å². The number of amides is 3. The van der Waals surface area contributed by atoms with Crippen LogP contribution < -0.4 is 0 Å². The molecule has 0 N–H and O–H groups in total. The number of piperidine rings is 1. The number of halogens is 1. The number of hydrogen-bond donors (Lipinski definition) is 0. The van der Waals surface area contributed by atoms with Gasteiger partial charge in [0, 0.05) is 50.5 Å². The molecule has 180 valence electrons. The van der Waals surface area contributed by atoms with Crippen molar-refractivity contribution in [2.24, 2.45) is 0 Å². The fraction of sp³-hybridized carbons (Fsp3) is 0.444. The zero-order valence-electron chi connectivity index (χ0n) is 19.9. The summed E-state index contributed by atoms with van der Waals surface area (Å²) in [6.07, 6.45) is 1.45. The Labute approximate surface area is 200 Å². The van der Waals surface area contributed by atoms with Crippen LogP contribution in [0.3, 0.4) is 0 Å². The van der Waals surface area contributed by atoms with Crippen LogP contribution in [-0.4, -0.2) is 72.7 Å². The Morgan fingerprint density at radius 2 is 1.79 bits per heavy atom. The lowest BCUT2D eigenvalue weighted by Crippen LogP contribution is -2.46. The monoisotopic (exact) mass is 465 g/mol. The van der Waals surface area contributed by atoms with E-state index in [9.17, 15) is 18.8 Å². The fourth-order valence-corrected chi connectivity index (χ4v) is 5.19. The Bertz CT molecular complexity index is 1060. The van der Waals surface area contributed by atoms with E-state index in [-0.39, 0.29) is 42.7 Å². The lowest BCUT2D eigenvalue weighted by Gasteiger charge is -2.36. The fourth-order valence-electron chi connectivity index (χ4n) is 5.19. The number of rotatable bonds is 7. The molecule has 2 atom stereocenters. The largest absolute Gasteiger partial charge is 0.342 e. The number of likely N-dealkylation sites (tertiary alicyclic amines) is 2. The Morgan fingerprint density at radius 1 is 1.09 bits per heavy atom. The molecule has 0 aromatic heterocycles. The molecule has 0 unspecified atom stereocenters. The van der Waals surface area contributed by atoms with Gasteiger partial charge in [0.1, 0.15) is 5.82 Å². The lowest BCUT2D eigenvalue weighted by atomic mass is 9.75. The molecule has 2 aliphatic heterocycles. The normalized spacial score (nSPS) is 23.1. The first-order valence-corrected chi connectivity index (χ1v) is 11.9. The van der Waals surface area contributed by atoms with Crippen molar-refractivity contribution in [3.8, 4) is 0 Å². The Hall–Kier alpha value is -3.06. The zero-order chi connectivity index (χ0) is 24.3. The Balaban J connectivity index is 1.61. The summed E-state index contributed by atoms with van der Waals surface area (Å²) in [6, 6.07) is 16.1. The summed E-state index contributed by atoms with van der Waals surface area (Å²) < 4.78 is 15.0. The van der Waals surface area contributed by atoms with Crippen LogP contribution in [-0.2, 0) is 19.8 Å². The molecular formula is C27H32FN3O3. The lowest BCUT2D eigenvalue weighted by molar-refractivity contribution is -0.143. The van der Waals surface area contributed by atoms with Gasteiger partial charge in [0.2, 0.25) is 17.7 Å². The van der Waals surface area contributed by atoms with Gasteiger partial charge in [-0.25, -0.2) is 4.39 Å². The highest BCUT2D eigenvalue weighted by Crippen LogP contribution is 2.42. The summed E-state index contributed by atoms with van der Waals surface area (Å²) in [5, 5.41) is 0. The van der Waals surface area contributed by atoms with Crippen LogP contribution in [0.1, 0.15) is 42.7 Å². The summed E-state index contributed by atoms with van der Waals surface area (Å²) in [4.78, 5) is 45.0. The minimum absolute atomic E-state index is 0.130. The third-order valence-electron chi connectivity index (χ3n) is 7.07. The smallest absolute Gasteiger partial charge is 0.241 e. The number of likely N-dealkylation sites (N-methyl/N-ethyl adjacent to an activating group) is 1. The van der Waals surface area contributed by atoms with Gasteiger partial charge in [-0.15, -0.1) is 0 Å². The van der Waals surface area contributed by atoms with Crippen molar-refractivity contribution >= 4 is 17.7 Å². The van der Waals surface area contributed by atoms with Crippen LogP contribution in [0.15, 0.2) is 54.6 Å². The molecule has 2 saturated heterocycles. The number of nitrogens with zero attached hydrogens (tertiary/aromatic N) is 3. The molecular weight excluding hydrogens is 433 g/mol. The van der Waals surface area contributed by atoms with Crippen LogP contribution in [0.4, 0.5) is 4.39 Å². The third-order valence-corrected chi connectivity index (χ3v) is 7.07. The molecule has 4 rings (SSSR count). The number of carbonyl (C=O) groups is 3. The zero-order valence-corrected chi connectivity index (χ0v) is 19.9. The average Bonchev–Trinajstić information content (AvgIpc) is 3.07. The van der Waals surface area contributed by atoms with Gasteiger partial charge >= 0.3 is 0 Å². The summed E-state index contributed by atoms with van der Waals surface area (Å²) in [5.41, 5.74) is -0.192. The highest BCUT2D eigenvalue weighted by molar-refractivity contribution is 6.10. The van der Waals surface area contributed by atoms with E-state index in [1.54, 1.807) is 17.0 Å². The molecule has 2 aliphatic rings. The highest BCUT2D eigenvalue weighted by Gasteiger charge is 2.55. The Kier molecular flexibility index (Phi) is 7.12. The molecule has 0 saturated carbocycles. The molecule has 2 heterocycles. The SMILES string of the molecule is CN(C)CCN1C(=O)C[C@](CC(=O)N2CCC[C@@H](c3ccccc3)C2)(c2ccccc2F)C1=O. The molecule has 0 bridgehead atoms. The third kappa shape index (κ3) is 4.75. The first kappa shape index (κ1) is 24.1. The maximum atomic E-state index is 15.0. The minimum atomic E-state index is -1.51. The van der Waals surface area contributed by atoms with E-state index in [2.05, 4.69) is 12.1 Å². The second-order valence-electron chi connectivity index (χ2n) is 9.66. The first-order chi connectivity index (χ1) is 16.3. The van der Waals surface area contributed by atoms with E-state index in [4.69, 9.17) is 0 Å². The van der Waals surface area contributed by atoms with Crippen molar-refractivity contribution in [3.05, 3.63) is 71.5 Å². The predicted octanol–water partition coefficient (Wildman–Crippen LogP) is 3.18. The van der Waals surface area contributed by atoms with Crippen molar-refractivity contribution in [2.45, 2.75) is 37.0 Å². The molecule has 0 radical (unpaired) electrons. The standard InChI is InChI=1S/C27H32FN3O3/c1-29(2)15-16-31-25(33)18-27(26(31)34,22-12-6-7-13-23(22)28)17-24(32)30-14-8-11-21(19-30)20-9-4-3-5-10-20/h3-7,9-10,12-13,21H,8,11,14-19H2,1-2H3/t21-,27-/m1/s1. The maximum Gasteiger partial charge on any atom is 0.241 e. The van der Waals surface area contributed by atoms with E-state index in [0.717, 1.165) is 12.8 Å². The molecule has 34 heavy (non-hydrogen) atoms. The van der Waals surface area contributed by atoms with Gasteiger partial charge in [0.25, 0.3) is 0 Å². The van der Waals surface area contributed by atoms with E-state index in [1.807, 2.05) is 37.2 Å². The molecule has 3 amide bonds. The van der Waals surface area contributed by atoms with Crippen LogP contribution in [0, 0.1) is 5.82 Å². The summed E-state index contributed by atoms with van der Waals surface area (Å²) in [5.74, 6) is -1.38. The van der Waals surface area contributed by atoms with E-state index in [1.165, 1.54) is 22.6 Å². The average molecular weight is 466 g/mol. The molecule has 7 heteroatoms. The quantitative estimate of drug-likeness (QED) is 0.590. The Morgan fingerprint density at radius 3 is 2.50 bits per heavy atom. The van der Waals surface area contributed by atoms with Gasteiger partial charge in [-0.2, -0.15) is 0 Å². The molecule has 6 nitrogen and oxygen atoms in total.